The summed E-state index contributed by atoms with van der Waals surface area (Å²) in [5, 5.41) is 0. The fourth-order valence-corrected chi connectivity index (χ4v) is 1.30. The highest BCUT2D eigenvalue weighted by Gasteiger charge is 2.10. The van der Waals surface area contributed by atoms with Crippen molar-refractivity contribution < 1.29 is 14.3 Å². The van der Waals surface area contributed by atoms with E-state index < -0.39 is 0 Å². The number of carbonyl (C=O) groups excluding carboxylic acids is 1. The van der Waals surface area contributed by atoms with Gasteiger partial charge < -0.3 is 9.47 Å². The summed E-state index contributed by atoms with van der Waals surface area (Å²) in [7, 11) is 2.98. The molecule has 0 fully saturated rings. The first-order valence-electron chi connectivity index (χ1n) is 5.29. The van der Waals surface area contributed by atoms with Crippen molar-refractivity contribution in [1.29, 1.82) is 0 Å². The standard InChI is InChI=1S/C11H14O3.C2H6S/c1-4-8-7-9(13-2)5-6-10(8)11(12)14-3;1-3-2/h5-7H,4H2,1-3H3;1-2H3. The smallest absolute Gasteiger partial charge is 0.338 e. The van der Waals surface area contributed by atoms with Gasteiger partial charge in [-0.2, -0.15) is 11.8 Å². The van der Waals surface area contributed by atoms with Crippen molar-refractivity contribution in [2.75, 3.05) is 26.7 Å². The van der Waals surface area contributed by atoms with Crippen LogP contribution in [-0.2, 0) is 11.2 Å². The number of thioether (sulfide) groups is 1. The molecule has 0 radical (unpaired) electrons. The Hall–Kier alpha value is -1.16. The molecule has 0 heterocycles. The van der Waals surface area contributed by atoms with Gasteiger partial charge >= 0.3 is 5.97 Å². The molecule has 0 aliphatic carbocycles. The van der Waals surface area contributed by atoms with Crippen LogP contribution in [0.25, 0.3) is 0 Å². The Balaban J connectivity index is 0.000000770. The van der Waals surface area contributed by atoms with E-state index in [2.05, 4.69) is 4.74 Å². The maximum Gasteiger partial charge on any atom is 0.338 e. The Morgan fingerprint density at radius 1 is 1.29 bits per heavy atom. The van der Waals surface area contributed by atoms with Crippen LogP contribution in [-0.4, -0.2) is 32.7 Å². The lowest BCUT2D eigenvalue weighted by atomic mass is 10.1. The Bertz CT molecular complexity index is 351. The van der Waals surface area contributed by atoms with Gasteiger partial charge in [-0.3, -0.25) is 0 Å². The molecule has 0 aliphatic rings. The van der Waals surface area contributed by atoms with Crippen LogP contribution in [0.2, 0.25) is 0 Å². The Labute approximate surface area is 108 Å². The van der Waals surface area contributed by atoms with Crippen LogP contribution in [0.1, 0.15) is 22.8 Å². The number of carbonyl (C=O) groups is 1. The molecule has 0 saturated heterocycles. The van der Waals surface area contributed by atoms with Gasteiger partial charge in [0, 0.05) is 0 Å². The number of hydrogen-bond donors (Lipinski definition) is 0. The Kier molecular flexibility index (Phi) is 8.32. The Morgan fingerprint density at radius 2 is 1.88 bits per heavy atom. The molecule has 17 heavy (non-hydrogen) atoms. The third-order valence-electron chi connectivity index (χ3n) is 2.10. The SMILES string of the molecule is CCc1cc(OC)ccc1C(=O)OC.CSC. The van der Waals surface area contributed by atoms with Gasteiger partial charge in [-0.1, -0.05) is 6.92 Å². The summed E-state index contributed by atoms with van der Waals surface area (Å²) in [5.74, 6) is 0.457. The monoisotopic (exact) mass is 256 g/mol. The van der Waals surface area contributed by atoms with E-state index in [1.165, 1.54) is 7.11 Å². The predicted octanol–water partition coefficient (Wildman–Crippen LogP) is 3.02. The topological polar surface area (TPSA) is 35.5 Å². The highest BCUT2D eigenvalue weighted by atomic mass is 32.2. The molecule has 0 amide bonds. The van der Waals surface area contributed by atoms with Crippen molar-refractivity contribution in [1.82, 2.24) is 0 Å². The van der Waals surface area contributed by atoms with Crippen molar-refractivity contribution in [2.24, 2.45) is 0 Å². The third-order valence-corrected chi connectivity index (χ3v) is 2.10. The molecule has 0 spiro atoms. The molecule has 0 bridgehead atoms. The molecule has 1 rings (SSSR count). The van der Waals surface area contributed by atoms with Crippen molar-refractivity contribution in [3.05, 3.63) is 29.3 Å². The molecule has 3 nitrogen and oxygen atoms in total. The highest BCUT2D eigenvalue weighted by Crippen LogP contribution is 2.18. The second-order valence-corrected chi connectivity index (χ2v) is 4.09. The van der Waals surface area contributed by atoms with Gasteiger partial charge in [0.25, 0.3) is 0 Å². The molecule has 1 aromatic carbocycles. The van der Waals surface area contributed by atoms with E-state index >= 15 is 0 Å². The van der Waals surface area contributed by atoms with E-state index in [4.69, 9.17) is 4.74 Å². The van der Waals surface area contributed by atoms with E-state index in [0.717, 1.165) is 17.7 Å². The minimum atomic E-state index is -0.301. The quantitative estimate of drug-likeness (QED) is 0.779. The molecule has 0 atom stereocenters. The van der Waals surface area contributed by atoms with Gasteiger partial charge in [-0.25, -0.2) is 4.79 Å². The summed E-state index contributed by atoms with van der Waals surface area (Å²) in [6, 6.07) is 5.33. The molecule has 0 aliphatic heterocycles. The van der Waals surface area contributed by atoms with Crippen LogP contribution in [0.15, 0.2) is 18.2 Å². The summed E-state index contributed by atoms with van der Waals surface area (Å²) in [6.07, 6.45) is 4.86. The van der Waals surface area contributed by atoms with Crippen LogP contribution in [0.5, 0.6) is 5.75 Å². The summed E-state index contributed by atoms with van der Waals surface area (Å²) in [6.45, 7) is 1.99. The van der Waals surface area contributed by atoms with Gasteiger partial charge in [0.1, 0.15) is 5.75 Å². The number of esters is 1. The maximum atomic E-state index is 11.3. The van der Waals surface area contributed by atoms with Crippen LogP contribution in [0.3, 0.4) is 0 Å². The number of aryl methyl sites for hydroxylation is 1. The summed E-state index contributed by atoms with van der Waals surface area (Å²) >= 11 is 1.75. The van der Waals surface area contributed by atoms with Crippen molar-refractivity contribution in [2.45, 2.75) is 13.3 Å². The first-order valence-corrected chi connectivity index (χ1v) is 6.93. The Morgan fingerprint density at radius 3 is 2.29 bits per heavy atom. The van der Waals surface area contributed by atoms with Crippen molar-refractivity contribution >= 4 is 17.7 Å². The van der Waals surface area contributed by atoms with Gasteiger partial charge in [-0.05, 0) is 42.7 Å². The molecule has 0 saturated carbocycles. The zero-order valence-electron chi connectivity index (χ0n) is 11.1. The zero-order valence-corrected chi connectivity index (χ0v) is 11.9. The number of rotatable bonds is 3. The predicted molar refractivity (Wildman–Crippen MR) is 73.2 cm³/mol. The lowest BCUT2D eigenvalue weighted by molar-refractivity contribution is 0.0599. The van der Waals surface area contributed by atoms with Crippen LogP contribution >= 0.6 is 11.8 Å². The van der Waals surface area contributed by atoms with Crippen LogP contribution < -0.4 is 4.74 Å². The fraction of sp³-hybridized carbons (Fsp3) is 0.462. The maximum absolute atomic E-state index is 11.3. The average molecular weight is 256 g/mol. The van der Waals surface area contributed by atoms with E-state index in [1.54, 1.807) is 31.0 Å². The second kappa shape index (κ2) is 8.93. The zero-order chi connectivity index (χ0) is 13.3. The summed E-state index contributed by atoms with van der Waals surface area (Å²) in [5.41, 5.74) is 1.55. The minimum absolute atomic E-state index is 0.301. The van der Waals surface area contributed by atoms with E-state index in [-0.39, 0.29) is 5.97 Å². The van der Waals surface area contributed by atoms with Gasteiger partial charge in [-0.15, -0.1) is 0 Å². The molecule has 0 unspecified atom stereocenters. The van der Waals surface area contributed by atoms with Crippen molar-refractivity contribution in [3.8, 4) is 5.75 Å². The number of ether oxygens (including phenoxy) is 2. The molecule has 0 aromatic heterocycles. The largest absolute Gasteiger partial charge is 0.497 e. The summed E-state index contributed by atoms with van der Waals surface area (Å²) in [4.78, 5) is 11.3. The molecular formula is C13H20O3S. The van der Waals surface area contributed by atoms with Crippen LogP contribution in [0.4, 0.5) is 0 Å². The molecule has 1 aromatic rings. The first-order chi connectivity index (χ1) is 8.14. The number of hydrogen-bond acceptors (Lipinski definition) is 4. The normalized spacial score (nSPS) is 9.00. The number of methoxy groups -OCH3 is 2. The minimum Gasteiger partial charge on any atom is -0.497 e. The molecule has 0 N–H and O–H groups in total. The number of benzene rings is 1. The van der Waals surface area contributed by atoms with Gasteiger partial charge in [0.2, 0.25) is 0 Å². The van der Waals surface area contributed by atoms with Crippen LogP contribution in [0, 0.1) is 0 Å². The lowest BCUT2D eigenvalue weighted by Crippen LogP contribution is -2.05. The molecular weight excluding hydrogens is 236 g/mol. The second-order valence-electron chi connectivity index (χ2n) is 3.28. The van der Waals surface area contributed by atoms with Crippen molar-refractivity contribution in [3.63, 3.8) is 0 Å². The lowest BCUT2D eigenvalue weighted by Gasteiger charge is -2.07. The van der Waals surface area contributed by atoms with Gasteiger partial charge in [0.15, 0.2) is 0 Å². The average Bonchev–Trinajstić information content (AvgIpc) is 2.37. The first kappa shape index (κ1) is 15.8. The molecule has 4 heteroatoms. The third kappa shape index (κ3) is 5.13. The summed E-state index contributed by atoms with van der Waals surface area (Å²) < 4.78 is 9.75. The van der Waals surface area contributed by atoms with E-state index in [9.17, 15) is 4.79 Å². The van der Waals surface area contributed by atoms with E-state index in [0.29, 0.717) is 5.56 Å². The van der Waals surface area contributed by atoms with Gasteiger partial charge in [0.05, 0.1) is 19.8 Å². The molecule has 96 valence electrons. The fourth-order valence-electron chi connectivity index (χ4n) is 1.30. The highest BCUT2D eigenvalue weighted by molar-refractivity contribution is 7.97. The van der Waals surface area contributed by atoms with E-state index in [1.807, 2.05) is 25.5 Å².